The quantitative estimate of drug-likeness (QED) is 0.578. The van der Waals surface area contributed by atoms with E-state index >= 15 is 0 Å². The van der Waals surface area contributed by atoms with Gasteiger partial charge in [-0.25, -0.2) is 10.8 Å². The van der Waals surface area contributed by atoms with Gasteiger partial charge < -0.3 is 10.7 Å². The first-order valence-electron chi connectivity index (χ1n) is 6.06. The average molecular weight is 256 g/mol. The third kappa shape index (κ3) is 3.29. The number of carbonyl (C=O) groups is 1. The van der Waals surface area contributed by atoms with Crippen molar-refractivity contribution < 1.29 is 4.79 Å². The number of nitrogens with one attached hydrogen (secondary N) is 2. The van der Waals surface area contributed by atoms with Crippen LogP contribution in [0.2, 0.25) is 0 Å². The second kappa shape index (κ2) is 5.97. The molecule has 0 fully saturated rings. The summed E-state index contributed by atoms with van der Waals surface area (Å²) in [5.74, 6) is 5.52. The van der Waals surface area contributed by atoms with Crippen LogP contribution >= 0.6 is 0 Å². The lowest BCUT2D eigenvalue weighted by atomic mass is 10.1. The number of aromatic nitrogens is 1. The van der Waals surface area contributed by atoms with Crippen LogP contribution in [0.15, 0.2) is 42.6 Å². The second-order valence-electron chi connectivity index (χ2n) is 4.08. The van der Waals surface area contributed by atoms with Gasteiger partial charge in [0, 0.05) is 17.4 Å². The molecule has 0 atom stereocenters. The molecular weight excluding hydrogens is 240 g/mol. The lowest BCUT2D eigenvalue weighted by Gasteiger charge is -2.07. The fraction of sp³-hybridized carbons (Fsp3) is 0.143. The number of pyridine rings is 1. The highest BCUT2D eigenvalue weighted by molar-refractivity contribution is 6.04. The van der Waals surface area contributed by atoms with Crippen molar-refractivity contribution in [3.05, 3.63) is 53.7 Å². The molecule has 1 aromatic carbocycles. The van der Waals surface area contributed by atoms with Gasteiger partial charge in [0.25, 0.3) is 5.91 Å². The molecule has 0 aliphatic carbocycles. The summed E-state index contributed by atoms with van der Waals surface area (Å²) in [7, 11) is 0. The summed E-state index contributed by atoms with van der Waals surface area (Å²) in [5.41, 5.74) is 4.91. The van der Waals surface area contributed by atoms with E-state index in [1.807, 2.05) is 24.3 Å². The molecule has 0 radical (unpaired) electrons. The summed E-state index contributed by atoms with van der Waals surface area (Å²) in [6, 6.07) is 11.0. The van der Waals surface area contributed by atoms with E-state index in [0.29, 0.717) is 11.4 Å². The Bertz CT molecular complexity index is 566. The van der Waals surface area contributed by atoms with E-state index in [4.69, 9.17) is 5.84 Å². The molecule has 5 heteroatoms. The Labute approximate surface area is 111 Å². The monoisotopic (exact) mass is 256 g/mol. The number of hydrogen-bond acceptors (Lipinski definition) is 4. The number of benzene rings is 1. The highest BCUT2D eigenvalue weighted by atomic mass is 16.1. The van der Waals surface area contributed by atoms with Gasteiger partial charge in [-0.15, -0.1) is 0 Å². The van der Waals surface area contributed by atoms with Crippen molar-refractivity contribution in [2.24, 2.45) is 5.84 Å². The number of hydrazine groups is 1. The molecule has 5 nitrogen and oxygen atoms in total. The predicted octanol–water partition coefficient (Wildman–Crippen LogP) is 2.18. The fourth-order valence-electron chi connectivity index (χ4n) is 1.68. The van der Waals surface area contributed by atoms with Gasteiger partial charge in [0.2, 0.25) is 0 Å². The number of carbonyl (C=O) groups excluding carboxylic acids is 1. The van der Waals surface area contributed by atoms with Crippen molar-refractivity contribution in [2.75, 3.05) is 10.7 Å². The van der Waals surface area contributed by atoms with Crippen molar-refractivity contribution in [3.8, 4) is 0 Å². The van der Waals surface area contributed by atoms with Gasteiger partial charge >= 0.3 is 0 Å². The molecular formula is C14H16N4O. The van der Waals surface area contributed by atoms with E-state index in [-0.39, 0.29) is 5.91 Å². The summed E-state index contributed by atoms with van der Waals surface area (Å²) in [6.45, 7) is 2.09. The molecule has 0 unspecified atom stereocenters. The van der Waals surface area contributed by atoms with Crippen molar-refractivity contribution in [3.63, 3.8) is 0 Å². The van der Waals surface area contributed by atoms with Crippen LogP contribution in [0.5, 0.6) is 0 Å². The van der Waals surface area contributed by atoms with Crippen LogP contribution in [0.4, 0.5) is 11.5 Å². The van der Waals surface area contributed by atoms with Crippen molar-refractivity contribution in [1.82, 2.24) is 4.98 Å². The third-order valence-corrected chi connectivity index (χ3v) is 2.79. The summed E-state index contributed by atoms with van der Waals surface area (Å²) >= 11 is 0. The fourth-order valence-corrected chi connectivity index (χ4v) is 1.68. The number of aryl methyl sites for hydroxylation is 1. The molecule has 0 bridgehead atoms. The SMILES string of the molecule is CCc1ccc(NC(=O)c2ccnc(NN)c2)cc1. The van der Waals surface area contributed by atoms with E-state index in [2.05, 4.69) is 22.7 Å². The van der Waals surface area contributed by atoms with Crippen LogP contribution in [0.3, 0.4) is 0 Å². The number of anilines is 2. The van der Waals surface area contributed by atoms with E-state index in [1.165, 1.54) is 11.8 Å². The predicted molar refractivity (Wildman–Crippen MR) is 75.8 cm³/mol. The van der Waals surface area contributed by atoms with Crippen LogP contribution in [0, 0.1) is 0 Å². The first-order valence-corrected chi connectivity index (χ1v) is 6.06. The average Bonchev–Trinajstić information content (AvgIpc) is 2.48. The number of nitrogens with two attached hydrogens (primary N) is 1. The van der Waals surface area contributed by atoms with Gasteiger partial charge in [0.1, 0.15) is 5.82 Å². The van der Waals surface area contributed by atoms with Crippen LogP contribution in [0.1, 0.15) is 22.8 Å². The summed E-state index contributed by atoms with van der Waals surface area (Å²) in [5, 5.41) is 2.83. The first kappa shape index (κ1) is 13.0. The Morgan fingerprint density at radius 2 is 2.00 bits per heavy atom. The molecule has 2 rings (SSSR count). The normalized spacial score (nSPS) is 10.0. The molecule has 4 N–H and O–H groups in total. The van der Waals surface area contributed by atoms with E-state index in [0.717, 1.165) is 12.1 Å². The van der Waals surface area contributed by atoms with Crippen LogP contribution in [-0.4, -0.2) is 10.9 Å². The van der Waals surface area contributed by atoms with E-state index in [9.17, 15) is 4.79 Å². The molecule has 1 aromatic heterocycles. The third-order valence-electron chi connectivity index (χ3n) is 2.79. The Morgan fingerprint density at radius 1 is 1.26 bits per heavy atom. The van der Waals surface area contributed by atoms with Gasteiger partial charge in [0.15, 0.2) is 0 Å². The van der Waals surface area contributed by atoms with Crippen LogP contribution in [-0.2, 0) is 6.42 Å². The van der Waals surface area contributed by atoms with Crippen molar-refractivity contribution >= 4 is 17.4 Å². The number of amides is 1. The highest BCUT2D eigenvalue weighted by Crippen LogP contribution is 2.12. The molecule has 98 valence electrons. The van der Waals surface area contributed by atoms with Crippen molar-refractivity contribution in [1.29, 1.82) is 0 Å². The second-order valence-corrected chi connectivity index (χ2v) is 4.08. The molecule has 2 aromatic rings. The standard InChI is InChI=1S/C14H16N4O/c1-2-10-3-5-12(6-4-10)17-14(19)11-7-8-16-13(9-11)18-15/h3-9H,2,15H2,1H3,(H,16,18)(H,17,19). The zero-order valence-corrected chi connectivity index (χ0v) is 10.7. The minimum absolute atomic E-state index is 0.192. The zero-order valence-electron chi connectivity index (χ0n) is 10.7. The molecule has 0 saturated carbocycles. The molecule has 19 heavy (non-hydrogen) atoms. The minimum atomic E-state index is -0.192. The lowest BCUT2D eigenvalue weighted by Crippen LogP contribution is -2.14. The maximum atomic E-state index is 12.0. The highest BCUT2D eigenvalue weighted by Gasteiger charge is 2.07. The Hall–Kier alpha value is -2.40. The molecule has 1 heterocycles. The topological polar surface area (TPSA) is 80.0 Å². The first-order chi connectivity index (χ1) is 9.22. The number of hydrogen-bond donors (Lipinski definition) is 3. The number of nitrogens with zero attached hydrogens (tertiary/aromatic N) is 1. The summed E-state index contributed by atoms with van der Waals surface area (Å²) in [6.07, 6.45) is 2.51. The van der Waals surface area contributed by atoms with Crippen LogP contribution < -0.4 is 16.6 Å². The van der Waals surface area contributed by atoms with Gasteiger partial charge in [-0.3, -0.25) is 4.79 Å². The maximum Gasteiger partial charge on any atom is 0.255 e. The molecule has 0 saturated heterocycles. The van der Waals surface area contributed by atoms with Crippen molar-refractivity contribution in [2.45, 2.75) is 13.3 Å². The molecule has 1 amide bonds. The smallest absolute Gasteiger partial charge is 0.255 e. The zero-order chi connectivity index (χ0) is 13.7. The maximum absolute atomic E-state index is 12.0. The Balaban J connectivity index is 2.11. The van der Waals surface area contributed by atoms with Gasteiger partial charge in [0.05, 0.1) is 0 Å². The van der Waals surface area contributed by atoms with E-state index in [1.54, 1.807) is 12.1 Å². The van der Waals surface area contributed by atoms with Crippen LogP contribution in [0.25, 0.3) is 0 Å². The number of nitrogen functional groups attached to an aromatic ring is 1. The molecule has 0 spiro atoms. The lowest BCUT2D eigenvalue weighted by molar-refractivity contribution is 0.102. The Morgan fingerprint density at radius 3 is 2.63 bits per heavy atom. The number of rotatable bonds is 4. The van der Waals surface area contributed by atoms with Gasteiger partial charge in [-0.1, -0.05) is 19.1 Å². The summed E-state index contributed by atoms with van der Waals surface area (Å²) < 4.78 is 0. The molecule has 0 aliphatic rings. The largest absolute Gasteiger partial charge is 0.322 e. The van der Waals surface area contributed by atoms with Gasteiger partial charge in [-0.05, 0) is 36.2 Å². The van der Waals surface area contributed by atoms with Gasteiger partial charge in [-0.2, -0.15) is 0 Å². The summed E-state index contributed by atoms with van der Waals surface area (Å²) in [4.78, 5) is 16.0. The Kier molecular flexibility index (Phi) is 4.10. The molecule has 0 aliphatic heterocycles. The van der Waals surface area contributed by atoms with E-state index < -0.39 is 0 Å². The minimum Gasteiger partial charge on any atom is -0.322 e.